The highest BCUT2D eigenvalue weighted by Crippen LogP contribution is 2.75. The van der Waals surface area contributed by atoms with Gasteiger partial charge in [0.2, 0.25) is 0 Å². The van der Waals surface area contributed by atoms with Gasteiger partial charge in [-0.3, -0.25) is 14.4 Å². The Morgan fingerprint density at radius 3 is 2.12 bits per heavy atom. The van der Waals surface area contributed by atoms with Crippen LogP contribution in [0.15, 0.2) is 11.6 Å². The van der Waals surface area contributed by atoms with Crippen LogP contribution < -0.4 is 0 Å². The van der Waals surface area contributed by atoms with Crippen LogP contribution in [0.25, 0.3) is 0 Å². The zero-order valence-electron chi connectivity index (χ0n) is 25.0. The van der Waals surface area contributed by atoms with Crippen molar-refractivity contribution in [2.45, 2.75) is 112 Å². The predicted octanol–water partition coefficient (Wildman–Crippen LogP) is 6.29. The molecule has 5 rings (SSSR count). The molecule has 2 N–H and O–H groups in total. The van der Waals surface area contributed by atoms with Crippen LogP contribution in [0.3, 0.4) is 0 Å². The van der Waals surface area contributed by atoms with Gasteiger partial charge in [-0.1, -0.05) is 33.3 Å². The maximum absolute atomic E-state index is 14.4. The lowest BCUT2D eigenvalue weighted by molar-refractivity contribution is -0.223. The summed E-state index contributed by atoms with van der Waals surface area (Å²) in [7, 11) is 0. The molecule has 41 heavy (non-hydrogen) atoms. The number of rotatable bonds is 4. The van der Waals surface area contributed by atoms with Gasteiger partial charge in [0.25, 0.3) is 0 Å². The molecule has 0 aliphatic heterocycles. The molecule has 228 valence electrons. The average Bonchev–Trinajstić information content (AvgIpc) is 2.87. The highest BCUT2D eigenvalue weighted by molar-refractivity contribution is 5.96. The number of carbonyl (C=O) groups excluding carboxylic acids is 2. The van der Waals surface area contributed by atoms with E-state index in [4.69, 9.17) is 4.74 Å². The molecule has 9 heteroatoms. The summed E-state index contributed by atoms with van der Waals surface area (Å²) in [6, 6.07) is 0. The Labute approximate surface area is 240 Å². The number of carboxylic acids is 2. The first kappa shape index (κ1) is 30.1. The lowest BCUT2D eigenvalue weighted by Crippen LogP contribution is -2.68. The molecule has 7 nitrogen and oxygen atoms in total. The number of halogens is 2. The van der Waals surface area contributed by atoms with E-state index in [-0.39, 0.29) is 29.0 Å². The number of hydrogen-bond donors (Lipinski definition) is 2. The van der Waals surface area contributed by atoms with E-state index in [0.717, 1.165) is 24.8 Å². The second-order valence-electron chi connectivity index (χ2n) is 15.4. The minimum absolute atomic E-state index is 0.0304. The number of ether oxygens (including phenoxy) is 1. The number of fused-ring (bicyclic) bond motifs is 7. The summed E-state index contributed by atoms with van der Waals surface area (Å²) < 4.78 is 31.3. The predicted molar refractivity (Wildman–Crippen MR) is 145 cm³/mol. The van der Waals surface area contributed by atoms with Gasteiger partial charge in [-0.05, 0) is 111 Å². The van der Waals surface area contributed by atoms with Crippen LogP contribution in [0.4, 0.5) is 8.78 Å². The zero-order chi connectivity index (χ0) is 30.6. The number of ketones is 1. The molecule has 0 saturated heterocycles. The maximum atomic E-state index is 14.4. The molecule has 0 heterocycles. The second kappa shape index (κ2) is 9.09. The normalized spacial score (nSPS) is 49.1. The molecule has 0 radical (unpaired) electrons. The summed E-state index contributed by atoms with van der Waals surface area (Å²) in [5, 5.41) is 20.5. The van der Waals surface area contributed by atoms with Crippen molar-refractivity contribution in [2.24, 2.45) is 50.2 Å². The Hall–Kier alpha value is -2.32. The van der Waals surface area contributed by atoms with E-state index in [2.05, 4.69) is 20.8 Å². The fourth-order valence-corrected chi connectivity index (χ4v) is 10.7. The summed E-state index contributed by atoms with van der Waals surface area (Å²) in [6.45, 7) is 11.9. The van der Waals surface area contributed by atoms with Crippen LogP contribution in [0.5, 0.6) is 0 Å². The van der Waals surface area contributed by atoms with Crippen molar-refractivity contribution in [3.8, 4) is 0 Å². The van der Waals surface area contributed by atoms with Gasteiger partial charge < -0.3 is 14.9 Å². The number of carbonyl (C=O) groups is 4. The third-order valence-corrected chi connectivity index (χ3v) is 13.6. The largest absolute Gasteiger partial charge is 0.481 e. The molecule has 0 aromatic heterocycles. The fourth-order valence-electron chi connectivity index (χ4n) is 10.7. The number of allylic oxidation sites excluding steroid dienone is 2. The van der Waals surface area contributed by atoms with E-state index in [1.165, 1.54) is 6.92 Å². The van der Waals surface area contributed by atoms with E-state index in [0.29, 0.717) is 32.1 Å². The molecule has 0 aromatic rings. The van der Waals surface area contributed by atoms with E-state index in [1.807, 2.05) is 13.8 Å². The molecule has 0 unspecified atom stereocenters. The standard InChI is InChI=1S/C32H44F2O7/c1-27-11-12-28(2,25(37)38)16-18(27)17-15-19(35)22-29(3)9-8-21(41-24(36)23(33)34)32(6,26(39)40)20(29)7-10-31(22,5)30(17,4)14-13-27/h15,18,20-23H,7-14,16H2,1-6H3,(H,37,38)(H,39,40)/t18-,20+,21-,22+,27+,28-,29-,30+,31+,32-/m0/s1. The van der Waals surface area contributed by atoms with Crippen LogP contribution >= 0.6 is 0 Å². The minimum Gasteiger partial charge on any atom is -0.481 e. The van der Waals surface area contributed by atoms with Crippen LogP contribution in [0.2, 0.25) is 0 Å². The van der Waals surface area contributed by atoms with Gasteiger partial charge in [0.05, 0.1) is 5.41 Å². The molecule has 4 saturated carbocycles. The van der Waals surface area contributed by atoms with Crippen molar-refractivity contribution in [1.29, 1.82) is 0 Å². The van der Waals surface area contributed by atoms with Gasteiger partial charge in [0.15, 0.2) is 5.78 Å². The molecule has 0 spiro atoms. The molecule has 0 bridgehead atoms. The number of alkyl halides is 2. The number of hydrogen-bond acceptors (Lipinski definition) is 5. The van der Waals surface area contributed by atoms with Crippen LogP contribution in [-0.2, 0) is 23.9 Å². The van der Waals surface area contributed by atoms with Crippen LogP contribution in [0.1, 0.15) is 99.3 Å². The van der Waals surface area contributed by atoms with Crippen molar-refractivity contribution >= 4 is 23.7 Å². The first-order chi connectivity index (χ1) is 18.8. The van der Waals surface area contributed by atoms with Crippen molar-refractivity contribution < 1.29 is 42.9 Å². The van der Waals surface area contributed by atoms with Gasteiger partial charge in [0, 0.05) is 5.92 Å². The summed E-state index contributed by atoms with van der Waals surface area (Å²) >= 11 is 0. The van der Waals surface area contributed by atoms with Crippen molar-refractivity contribution in [3.05, 3.63) is 11.6 Å². The van der Waals surface area contributed by atoms with E-state index in [9.17, 15) is 38.2 Å². The van der Waals surface area contributed by atoms with Gasteiger partial charge in [0.1, 0.15) is 11.5 Å². The van der Waals surface area contributed by atoms with Crippen LogP contribution in [-0.4, -0.2) is 46.4 Å². The van der Waals surface area contributed by atoms with Crippen LogP contribution in [0, 0.1) is 50.2 Å². The molecule has 0 amide bonds. The molecular formula is C32H44F2O7. The Bertz CT molecular complexity index is 1230. The molecule has 4 fully saturated rings. The van der Waals surface area contributed by atoms with Crippen molar-refractivity contribution in [1.82, 2.24) is 0 Å². The lowest BCUT2D eigenvalue weighted by atomic mass is 9.33. The third-order valence-electron chi connectivity index (χ3n) is 13.6. The third kappa shape index (κ3) is 3.85. The topological polar surface area (TPSA) is 118 Å². The first-order valence-corrected chi connectivity index (χ1v) is 15.0. The van der Waals surface area contributed by atoms with E-state index < -0.39 is 63.9 Å². The molecule has 5 aliphatic rings. The second-order valence-corrected chi connectivity index (χ2v) is 15.4. The summed E-state index contributed by atoms with van der Waals surface area (Å²) in [4.78, 5) is 51.3. The number of aliphatic carboxylic acids is 2. The first-order valence-electron chi connectivity index (χ1n) is 15.0. The van der Waals surface area contributed by atoms with Gasteiger partial charge >= 0.3 is 24.3 Å². The molecule has 0 aromatic carbocycles. The smallest absolute Gasteiger partial charge is 0.374 e. The van der Waals surface area contributed by atoms with Crippen molar-refractivity contribution in [2.75, 3.05) is 0 Å². The number of esters is 1. The maximum Gasteiger partial charge on any atom is 0.374 e. The lowest BCUT2D eigenvalue weighted by Gasteiger charge is -2.70. The quantitative estimate of drug-likeness (QED) is 0.376. The van der Waals surface area contributed by atoms with E-state index >= 15 is 0 Å². The van der Waals surface area contributed by atoms with Crippen molar-refractivity contribution in [3.63, 3.8) is 0 Å². The Morgan fingerprint density at radius 2 is 1.54 bits per heavy atom. The Morgan fingerprint density at radius 1 is 0.902 bits per heavy atom. The monoisotopic (exact) mass is 578 g/mol. The highest BCUT2D eigenvalue weighted by Gasteiger charge is 2.72. The Balaban J connectivity index is 1.58. The van der Waals surface area contributed by atoms with Gasteiger partial charge in [-0.25, -0.2) is 4.79 Å². The number of carboxylic acid groups (broad SMARTS) is 2. The summed E-state index contributed by atoms with van der Waals surface area (Å²) in [6.07, 6.45) is 2.39. The van der Waals surface area contributed by atoms with Gasteiger partial charge in [-0.15, -0.1) is 0 Å². The summed E-state index contributed by atoms with van der Waals surface area (Å²) in [5.41, 5.74) is -3.13. The average molecular weight is 579 g/mol. The molecule has 5 aliphatic carbocycles. The Kier molecular flexibility index (Phi) is 6.68. The van der Waals surface area contributed by atoms with E-state index in [1.54, 1.807) is 6.08 Å². The SMILES string of the molecule is C[C@]1(C(=O)O)CC[C@]2(C)CC[C@]3(C)C(=CC(=O)[C@@H]4[C@@]5(C)CC[C@H](OC(=O)C(F)F)[C@@](C)(C(=O)O)[C@@H]5CC[C@]43C)[C@@H]2C1. The summed E-state index contributed by atoms with van der Waals surface area (Å²) in [5.74, 6) is -4.86. The minimum atomic E-state index is -3.35. The highest BCUT2D eigenvalue weighted by atomic mass is 19.3. The molecular weight excluding hydrogens is 534 g/mol. The zero-order valence-corrected chi connectivity index (χ0v) is 25.0. The molecule has 10 atom stereocenters. The fraction of sp³-hybridized carbons (Fsp3) is 0.812. The van der Waals surface area contributed by atoms with Gasteiger partial charge in [-0.2, -0.15) is 8.78 Å².